The highest BCUT2D eigenvalue weighted by atomic mass is 19.4. The second-order valence-corrected chi connectivity index (χ2v) is 10.2. The first-order valence-corrected chi connectivity index (χ1v) is 12.7. The van der Waals surface area contributed by atoms with Crippen LogP contribution in [0, 0.1) is 6.92 Å². The first-order chi connectivity index (χ1) is 18.1. The van der Waals surface area contributed by atoms with Crippen molar-refractivity contribution in [1.29, 1.82) is 0 Å². The maximum absolute atomic E-state index is 14.0. The molecule has 0 saturated carbocycles. The standard InChI is InChI=1S/C29H30F3N5O/c1-19(2)22-7-9-23(10-8-22)24-16-26(29(30,31)32)37-27(33-24)17-25(34-37)28(38)36-13-11-35(12-14-36)18-21-6-4-5-20(3)15-21/h4-10,15-17,19H,11-14,18H2,1-3H3. The van der Waals surface area contributed by atoms with Crippen LogP contribution in [0.3, 0.4) is 0 Å². The average Bonchev–Trinajstić information content (AvgIpc) is 3.32. The van der Waals surface area contributed by atoms with Crippen LogP contribution in [0.15, 0.2) is 60.7 Å². The Balaban J connectivity index is 1.37. The molecule has 5 rings (SSSR count). The van der Waals surface area contributed by atoms with Crippen LogP contribution in [-0.4, -0.2) is 56.5 Å². The molecule has 9 heteroatoms. The van der Waals surface area contributed by atoms with Gasteiger partial charge in [0.2, 0.25) is 0 Å². The van der Waals surface area contributed by atoms with Crippen molar-refractivity contribution in [3.63, 3.8) is 0 Å². The van der Waals surface area contributed by atoms with Crippen LogP contribution in [0.5, 0.6) is 0 Å². The SMILES string of the molecule is Cc1cccc(CN2CCN(C(=O)c3cc4nc(-c5ccc(C(C)C)cc5)cc(C(F)(F)F)n4n3)CC2)c1. The van der Waals surface area contributed by atoms with E-state index < -0.39 is 11.9 Å². The second kappa shape index (κ2) is 10.2. The molecular formula is C29H30F3N5O. The van der Waals surface area contributed by atoms with Gasteiger partial charge in [0.05, 0.1) is 5.69 Å². The fourth-order valence-corrected chi connectivity index (χ4v) is 4.81. The Labute approximate surface area is 219 Å². The van der Waals surface area contributed by atoms with E-state index in [1.165, 1.54) is 17.2 Å². The van der Waals surface area contributed by atoms with E-state index in [1.807, 2.05) is 18.2 Å². The van der Waals surface area contributed by atoms with Crippen LogP contribution in [-0.2, 0) is 12.7 Å². The number of nitrogens with zero attached hydrogens (tertiary/aromatic N) is 5. The molecule has 2 aromatic heterocycles. The molecule has 0 radical (unpaired) electrons. The smallest absolute Gasteiger partial charge is 0.335 e. The Hall–Kier alpha value is -3.72. The number of aryl methyl sites for hydroxylation is 1. The van der Waals surface area contributed by atoms with Crippen LogP contribution >= 0.6 is 0 Å². The van der Waals surface area contributed by atoms with Crippen LogP contribution in [0.25, 0.3) is 16.9 Å². The predicted molar refractivity (Wildman–Crippen MR) is 140 cm³/mol. The highest BCUT2D eigenvalue weighted by Crippen LogP contribution is 2.33. The molecule has 2 aromatic carbocycles. The molecule has 0 unspecified atom stereocenters. The van der Waals surface area contributed by atoms with Crippen LogP contribution in [0.2, 0.25) is 0 Å². The van der Waals surface area contributed by atoms with Gasteiger partial charge in [-0.1, -0.05) is 67.9 Å². The van der Waals surface area contributed by atoms with E-state index in [0.717, 1.165) is 22.7 Å². The lowest BCUT2D eigenvalue weighted by molar-refractivity contribution is -0.142. The number of halogens is 3. The molecule has 4 aromatic rings. The molecule has 1 saturated heterocycles. The highest BCUT2D eigenvalue weighted by Gasteiger charge is 2.36. The van der Waals surface area contributed by atoms with Crippen molar-refractivity contribution >= 4 is 11.6 Å². The Morgan fingerprint density at radius 2 is 1.68 bits per heavy atom. The Kier molecular flexibility index (Phi) is 6.96. The summed E-state index contributed by atoms with van der Waals surface area (Å²) in [7, 11) is 0. The summed E-state index contributed by atoms with van der Waals surface area (Å²) in [6.45, 7) is 9.26. The maximum atomic E-state index is 14.0. The van der Waals surface area contributed by atoms with Gasteiger partial charge in [0.25, 0.3) is 5.91 Å². The third-order valence-corrected chi connectivity index (χ3v) is 6.96. The summed E-state index contributed by atoms with van der Waals surface area (Å²) in [5.74, 6) is -0.0836. The largest absolute Gasteiger partial charge is 0.433 e. The summed E-state index contributed by atoms with van der Waals surface area (Å²) >= 11 is 0. The van der Waals surface area contributed by atoms with Crippen molar-refractivity contribution in [3.8, 4) is 11.3 Å². The number of aromatic nitrogens is 3. The summed E-state index contributed by atoms with van der Waals surface area (Å²) in [5.41, 5.74) is 3.24. The van der Waals surface area contributed by atoms with Gasteiger partial charge in [0.1, 0.15) is 0 Å². The minimum Gasteiger partial charge on any atom is -0.335 e. The molecule has 198 valence electrons. The minimum absolute atomic E-state index is 0.0100. The third kappa shape index (κ3) is 5.43. The summed E-state index contributed by atoms with van der Waals surface area (Å²) in [4.78, 5) is 21.6. The number of alkyl halides is 3. The number of benzene rings is 2. The monoisotopic (exact) mass is 521 g/mol. The van der Waals surface area contributed by atoms with Gasteiger partial charge in [0.15, 0.2) is 17.0 Å². The fraction of sp³-hybridized carbons (Fsp3) is 0.345. The van der Waals surface area contributed by atoms with E-state index in [9.17, 15) is 18.0 Å². The van der Waals surface area contributed by atoms with Crippen molar-refractivity contribution in [2.75, 3.05) is 26.2 Å². The molecule has 1 fully saturated rings. The molecule has 0 bridgehead atoms. The van der Waals surface area contributed by atoms with Gasteiger partial charge in [-0.2, -0.15) is 18.3 Å². The van der Waals surface area contributed by atoms with E-state index in [4.69, 9.17) is 0 Å². The van der Waals surface area contributed by atoms with Gasteiger partial charge in [-0.25, -0.2) is 9.50 Å². The summed E-state index contributed by atoms with van der Waals surface area (Å²) in [5, 5.41) is 4.05. The summed E-state index contributed by atoms with van der Waals surface area (Å²) in [6.07, 6.45) is -4.67. The molecule has 1 aliphatic heterocycles. The lowest BCUT2D eigenvalue weighted by Crippen LogP contribution is -2.48. The first-order valence-electron chi connectivity index (χ1n) is 12.7. The zero-order valence-corrected chi connectivity index (χ0v) is 21.7. The van der Waals surface area contributed by atoms with E-state index in [2.05, 4.69) is 54.0 Å². The number of amides is 1. The van der Waals surface area contributed by atoms with E-state index in [-0.39, 0.29) is 22.9 Å². The number of hydrogen-bond donors (Lipinski definition) is 0. The van der Waals surface area contributed by atoms with Crippen LogP contribution in [0.4, 0.5) is 13.2 Å². The third-order valence-electron chi connectivity index (χ3n) is 6.96. The second-order valence-electron chi connectivity index (χ2n) is 10.2. The number of carbonyl (C=O) groups is 1. The number of piperazine rings is 1. The zero-order chi connectivity index (χ0) is 27.0. The lowest BCUT2D eigenvalue weighted by atomic mass is 10.0. The van der Waals surface area contributed by atoms with Crippen molar-refractivity contribution in [2.45, 2.75) is 39.4 Å². The van der Waals surface area contributed by atoms with Gasteiger partial charge in [0, 0.05) is 44.4 Å². The van der Waals surface area contributed by atoms with Gasteiger partial charge in [-0.15, -0.1) is 0 Å². The summed E-state index contributed by atoms with van der Waals surface area (Å²) < 4.78 is 42.7. The molecule has 0 aliphatic carbocycles. The van der Waals surface area contributed by atoms with E-state index >= 15 is 0 Å². The maximum Gasteiger partial charge on any atom is 0.433 e. The fourth-order valence-electron chi connectivity index (χ4n) is 4.81. The first kappa shape index (κ1) is 25.9. The zero-order valence-electron chi connectivity index (χ0n) is 21.7. The number of hydrogen-bond acceptors (Lipinski definition) is 4. The Bertz CT molecular complexity index is 1450. The Morgan fingerprint density at radius 1 is 0.974 bits per heavy atom. The van der Waals surface area contributed by atoms with Gasteiger partial charge in [-0.3, -0.25) is 9.69 Å². The topological polar surface area (TPSA) is 53.7 Å². The van der Waals surface area contributed by atoms with Gasteiger partial charge in [-0.05, 0) is 30.0 Å². The minimum atomic E-state index is -4.67. The van der Waals surface area contributed by atoms with Crippen molar-refractivity contribution < 1.29 is 18.0 Å². The van der Waals surface area contributed by atoms with E-state index in [0.29, 0.717) is 37.7 Å². The average molecular weight is 522 g/mol. The van der Waals surface area contributed by atoms with Crippen molar-refractivity contribution in [2.24, 2.45) is 0 Å². The Morgan fingerprint density at radius 3 is 2.32 bits per heavy atom. The normalized spacial score (nSPS) is 15.0. The number of fused-ring (bicyclic) bond motifs is 1. The molecule has 38 heavy (non-hydrogen) atoms. The van der Waals surface area contributed by atoms with Gasteiger partial charge >= 0.3 is 6.18 Å². The molecule has 1 amide bonds. The van der Waals surface area contributed by atoms with Crippen LogP contribution < -0.4 is 0 Å². The lowest BCUT2D eigenvalue weighted by Gasteiger charge is -2.34. The molecule has 3 heterocycles. The predicted octanol–water partition coefficient (Wildman–Crippen LogP) is 5.80. The molecular weight excluding hydrogens is 491 g/mol. The van der Waals surface area contributed by atoms with Crippen LogP contribution in [0.1, 0.15) is 52.6 Å². The van der Waals surface area contributed by atoms with E-state index in [1.54, 1.807) is 17.0 Å². The molecule has 0 atom stereocenters. The van der Waals surface area contributed by atoms with Gasteiger partial charge < -0.3 is 4.90 Å². The highest BCUT2D eigenvalue weighted by molar-refractivity contribution is 5.93. The quantitative estimate of drug-likeness (QED) is 0.333. The van der Waals surface area contributed by atoms with Crippen molar-refractivity contribution in [3.05, 3.63) is 88.7 Å². The molecule has 6 nitrogen and oxygen atoms in total. The molecule has 1 aliphatic rings. The van der Waals surface area contributed by atoms with Crippen molar-refractivity contribution in [1.82, 2.24) is 24.4 Å². The molecule has 0 N–H and O–H groups in total. The summed E-state index contributed by atoms with van der Waals surface area (Å²) in [6, 6.07) is 18.0. The molecule has 0 spiro atoms. The number of rotatable bonds is 5. The number of carbonyl (C=O) groups excluding carboxylic acids is 1.